The van der Waals surface area contributed by atoms with Gasteiger partial charge in [0, 0.05) is 23.9 Å². The first-order valence-corrected chi connectivity index (χ1v) is 11.2. The summed E-state index contributed by atoms with van der Waals surface area (Å²) < 4.78 is 21.5. The molecule has 1 saturated heterocycles. The van der Waals surface area contributed by atoms with Crippen LogP contribution in [0.5, 0.6) is 23.0 Å². The summed E-state index contributed by atoms with van der Waals surface area (Å²) in [5.74, 6) is -0.130. The van der Waals surface area contributed by atoms with Crippen molar-refractivity contribution in [2.75, 3.05) is 25.9 Å². The van der Waals surface area contributed by atoms with Crippen LogP contribution in [0.1, 0.15) is 17.3 Å². The predicted molar refractivity (Wildman–Crippen MR) is 131 cm³/mol. The number of benzene rings is 2. The smallest absolute Gasteiger partial charge is 0.302 e. The fourth-order valence-corrected chi connectivity index (χ4v) is 4.51. The molecule has 2 aliphatic rings. The van der Waals surface area contributed by atoms with E-state index in [-0.39, 0.29) is 24.1 Å². The summed E-state index contributed by atoms with van der Waals surface area (Å²) in [4.78, 5) is 40.0. The van der Waals surface area contributed by atoms with Crippen LogP contribution in [0.2, 0.25) is 0 Å². The molecule has 6 rings (SSSR count). The summed E-state index contributed by atoms with van der Waals surface area (Å²) in [6.45, 7) is 0.0551. The standard InChI is InChI=1S/C26H20N4O7/c1-34-18-10-15-16(11-19(18)35-2)29-26(28-15)30-22(14-5-3-4-8-27-14)21(24(32)25(30)33)23(31)13-6-7-17-20(9-13)37-12-36-17/h3-11,22,31H,12H2,1-2H3,(H,28,29)/b23-21+. The third kappa shape index (κ3) is 3.51. The molecule has 1 atom stereocenters. The number of aromatic nitrogens is 3. The number of pyridine rings is 1. The second-order valence-corrected chi connectivity index (χ2v) is 8.28. The van der Waals surface area contributed by atoms with Crippen molar-refractivity contribution in [2.45, 2.75) is 6.04 Å². The molecule has 11 nitrogen and oxygen atoms in total. The SMILES string of the molecule is COc1cc2nc(N3C(=O)C(=O)/C(=C(/O)c4ccc5c(c4)OCO5)C3c3ccccn3)[nH]c2cc1OC. The summed E-state index contributed by atoms with van der Waals surface area (Å²) in [6, 6.07) is 12.2. The van der Waals surface area contributed by atoms with Gasteiger partial charge < -0.3 is 29.0 Å². The van der Waals surface area contributed by atoms with Crippen molar-refractivity contribution in [3.63, 3.8) is 0 Å². The number of Topliss-reactive ketones (excluding diaryl/α,β-unsaturated/α-hetero) is 1. The molecule has 0 spiro atoms. The minimum Gasteiger partial charge on any atom is -0.507 e. The normalized spacial score (nSPS) is 18.0. The average Bonchev–Trinajstić information content (AvgIpc) is 3.63. The number of carbonyl (C=O) groups is 2. The van der Waals surface area contributed by atoms with Gasteiger partial charge in [-0.1, -0.05) is 6.07 Å². The lowest BCUT2D eigenvalue weighted by Gasteiger charge is -2.22. The van der Waals surface area contributed by atoms with Crippen LogP contribution in [0.4, 0.5) is 5.95 Å². The van der Waals surface area contributed by atoms with Crippen LogP contribution in [0.25, 0.3) is 16.8 Å². The lowest BCUT2D eigenvalue weighted by molar-refractivity contribution is -0.132. The number of hydrogen-bond donors (Lipinski definition) is 2. The number of rotatable bonds is 5. The molecule has 1 amide bonds. The van der Waals surface area contributed by atoms with Crippen molar-refractivity contribution >= 4 is 34.4 Å². The monoisotopic (exact) mass is 500 g/mol. The Hall–Kier alpha value is -5.06. The Labute approximate surface area is 209 Å². The summed E-state index contributed by atoms with van der Waals surface area (Å²) >= 11 is 0. The van der Waals surface area contributed by atoms with Gasteiger partial charge in [-0.25, -0.2) is 4.98 Å². The number of amides is 1. The van der Waals surface area contributed by atoms with Gasteiger partial charge in [-0.3, -0.25) is 19.5 Å². The Morgan fingerprint density at radius 1 is 1.05 bits per heavy atom. The highest BCUT2D eigenvalue weighted by Gasteiger charge is 2.49. The van der Waals surface area contributed by atoms with E-state index >= 15 is 0 Å². The van der Waals surface area contributed by atoms with Gasteiger partial charge in [0.2, 0.25) is 12.7 Å². The quantitative estimate of drug-likeness (QED) is 0.240. The first kappa shape index (κ1) is 22.4. The van der Waals surface area contributed by atoms with Gasteiger partial charge in [0.15, 0.2) is 23.0 Å². The molecule has 1 unspecified atom stereocenters. The molecule has 4 heterocycles. The summed E-state index contributed by atoms with van der Waals surface area (Å²) in [6.07, 6.45) is 1.55. The van der Waals surface area contributed by atoms with Crippen LogP contribution >= 0.6 is 0 Å². The maximum atomic E-state index is 13.4. The van der Waals surface area contributed by atoms with E-state index in [1.165, 1.54) is 19.1 Å². The molecule has 0 bridgehead atoms. The molecule has 0 saturated carbocycles. The Morgan fingerprint density at radius 2 is 1.84 bits per heavy atom. The number of fused-ring (bicyclic) bond motifs is 2. The number of aliphatic hydroxyl groups is 1. The van der Waals surface area contributed by atoms with Crippen LogP contribution in [0.15, 0.2) is 60.3 Å². The molecule has 0 radical (unpaired) electrons. The van der Waals surface area contributed by atoms with E-state index in [4.69, 9.17) is 18.9 Å². The Kier molecular flexibility index (Phi) is 5.18. The molecule has 37 heavy (non-hydrogen) atoms. The second-order valence-electron chi connectivity index (χ2n) is 8.28. The number of H-pyrrole nitrogens is 1. The Bertz CT molecular complexity index is 1550. The number of imidazole rings is 1. The first-order valence-electron chi connectivity index (χ1n) is 11.2. The van der Waals surface area contributed by atoms with Crippen LogP contribution < -0.4 is 23.8 Å². The number of carbonyl (C=O) groups excluding carboxylic acids is 2. The number of anilines is 1. The van der Waals surface area contributed by atoms with E-state index in [2.05, 4.69) is 15.0 Å². The molecule has 2 aliphatic heterocycles. The van der Waals surface area contributed by atoms with Crippen LogP contribution in [0, 0.1) is 0 Å². The summed E-state index contributed by atoms with van der Waals surface area (Å²) in [5.41, 5.74) is 1.59. The van der Waals surface area contributed by atoms with Crippen LogP contribution in [0.3, 0.4) is 0 Å². The highest BCUT2D eigenvalue weighted by molar-refractivity contribution is 6.51. The van der Waals surface area contributed by atoms with Crippen LogP contribution in [-0.2, 0) is 9.59 Å². The minimum absolute atomic E-state index is 0.0551. The number of methoxy groups -OCH3 is 2. The Morgan fingerprint density at radius 3 is 2.59 bits per heavy atom. The zero-order valence-electron chi connectivity index (χ0n) is 19.7. The first-order chi connectivity index (χ1) is 18.0. The third-order valence-electron chi connectivity index (χ3n) is 6.26. The van der Waals surface area contributed by atoms with Gasteiger partial charge in [-0.2, -0.15) is 0 Å². The third-order valence-corrected chi connectivity index (χ3v) is 6.26. The van der Waals surface area contributed by atoms with E-state index in [9.17, 15) is 14.7 Å². The highest BCUT2D eigenvalue weighted by atomic mass is 16.7. The van der Waals surface area contributed by atoms with Crippen molar-refractivity contribution in [1.29, 1.82) is 0 Å². The molecule has 2 aromatic heterocycles. The molecule has 2 N–H and O–H groups in total. The number of hydrogen-bond acceptors (Lipinski definition) is 9. The topological polar surface area (TPSA) is 136 Å². The van der Waals surface area contributed by atoms with E-state index < -0.39 is 17.7 Å². The number of nitrogens with one attached hydrogen (secondary N) is 1. The van der Waals surface area contributed by atoms with Gasteiger partial charge in [0.25, 0.3) is 5.78 Å². The molecule has 186 valence electrons. The molecular weight excluding hydrogens is 480 g/mol. The van der Waals surface area contributed by atoms with Gasteiger partial charge in [0.1, 0.15) is 11.8 Å². The van der Waals surface area contributed by atoms with E-state index in [0.29, 0.717) is 45.3 Å². The molecule has 4 aromatic rings. The lowest BCUT2D eigenvalue weighted by atomic mass is 9.98. The number of aliphatic hydroxyl groups excluding tert-OH is 1. The Balaban J connectivity index is 1.53. The lowest BCUT2D eigenvalue weighted by Crippen LogP contribution is -2.30. The maximum absolute atomic E-state index is 13.4. The maximum Gasteiger partial charge on any atom is 0.302 e. The predicted octanol–water partition coefficient (Wildman–Crippen LogP) is 3.33. The molecular formula is C26H20N4O7. The number of nitrogens with zero attached hydrogens (tertiary/aromatic N) is 3. The molecule has 2 aromatic carbocycles. The minimum atomic E-state index is -1.05. The van der Waals surface area contributed by atoms with Crippen molar-refractivity contribution in [1.82, 2.24) is 15.0 Å². The highest BCUT2D eigenvalue weighted by Crippen LogP contribution is 2.43. The van der Waals surface area contributed by atoms with Gasteiger partial charge >= 0.3 is 5.91 Å². The zero-order valence-corrected chi connectivity index (χ0v) is 19.7. The van der Waals surface area contributed by atoms with E-state index in [0.717, 1.165) is 0 Å². The van der Waals surface area contributed by atoms with Crippen molar-refractivity contribution in [3.05, 3.63) is 71.6 Å². The number of ether oxygens (including phenoxy) is 4. The summed E-state index contributed by atoms with van der Waals surface area (Å²) in [7, 11) is 3.02. The molecule has 0 aliphatic carbocycles. The summed E-state index contributed by atoms with van der Waals surface area (Å²) in [5, 5.41) is 11.3. The largest absolute Gasteiger partial charge is 0.507 e. The van der Waals surface area contributed by atoms with E-state index in [1.807, 2.05) is 0 Å². The van der Waals surface area contributed by atoms with Gasteiger partial charge in [-0.05, 0) is 30.3 Å². The second kappa shape index (κ2) is 8.55. The van der Waals surface area contributed by atoms with Crippen molar-refractivity contribution in [3.8, 4) is 23.0 Å². The molecule has 1 fully saturated rings. The van der Waals surface area contributed by atoms with E-state index in [1.54, 1.807) is 54.7 Å². The fraction of sp³-hybridized carbons (Fsp3) is 0.154. The van der Waals surface area contributed by atoms with Crippen molar-refractivity contribution < 1.29 is 33.6 Å². The van der Waals surface area contributed by atoms with Crippen molar-refractivity contribution in [2.24, 2.45) is 0 Å². The zero-order chi connectivity index (χ0) is 25.7. The molecule has 11 heteroatoms. The van der Waals surface area contributed by atoms with Crippen LogP contribution in [-0.4, -0.2) is 52.8 Å². The number of aromatic amines is 1. The van der Waals surface area contributed by atoms with Gasteiger partial charge in [0.05, 0.1) is 36.5 Å². The average molecular weight is 500 g/mol. The van der Waals surface area contributed by atoms with Gasteiger partial charge in [-0.15, -0.1) is 0 Å². The number of ketones is 1. The fourth-order valence-electron chi connectivity index (χ4n) is 4.51.